The molecule has 0 bridgehead atoms. The highest BCUT2D eigenvalue weighted by Crippen LogP contribution is 2.32. The van der Waals surface area contributed by atoms with Crippen molar-refractivity contribution in [1.82, 2.24) is 0 Å². The Hall–Kier alpha value is 0.531. The van der Waals surface area contributed by atoms with Crippen LogP contribution in [0, 0.1) is 0 Å². The highest BCUT2D eigenvalue weighted by molar-refractivity contribution is 6.87. The minimum Gasteiger partial charge on any atom is -0.416 e. The van der Waals surface area contributed by atoms with Crippen LogP contribution in [-0.2, 0) is 12.7 Å². The predicted molar refractivity (Wildman–Crippen MR) is 99.8 cm³/mol. The van der Waals surface area contributed by atoms with E-state index in [1.165, 1.54) is 0 Å². The second kappa shape index (κ2) is 9.62. The third kappa shape index (κ3) is 5.91. The molecule has 6 heteroatoms. The van der Waals surface area contributed by atoms with Crippen molar-refractivity contribution in [3.63, 3.8) is 0 Å². The number of rotatable bonds is 12. The van der Waals surface area contributed by atoms with Gasteiger partial charge in [-0.3, -0.25) is 0 Å². The largest absolute Gasteiger partial charge is 0.476 e. The zero-order valence-corrected chi connectivity index (χ0v) is 18.7. The van der Waals surface area contributed by atoms with E-state index in [9.17, 15) is 0 Å². The molecule has 0 aliphatic rings. The molecule has 0 amide bonds. The summed E-state index contributed by atoms with van der Waals surface area (Å²) < 4.78 is 19.6. The van der Waals surface area contributed by atoms with Crippen LogP contribution in [0.1, 0.15) is 48.5 Å². The maximum atomic E-state index is 6.74. The molecule has 0 aromatic rings. The maximum Gasteiger partial charge on any atom is 0.476 e. The molecule has 128 valence electrons. The normalized spacial score (nSPS) is 13.7. The van der Waals surface area contributed by atoms with Crippen molar-refractivity contribution in [2.75, 3.05) is 6.61 Å². The second-order valence-corrected chi connectivity index (χ2v) is 18.6. The lowest BCUT2D eigenvalue weighted by atomic mass is 10.9. The molecule has 0 atom stereocenters. The van der Waals surface area contributed by atoms with Gasteiger partial charge in [-0.15, -0.1) is 0 Å². The fourth-order valence-electron chi connectivity index (χ4n) is 3.06. The molecule has 0 N–H and O–H groups in total. The average molecular weight is 351 g/mol. The monoisotopic (exact) mass is 350 g/mol. The fourth-order valence-corrected chi connectivity index (χ4v) is 17.4. The molecule has 0 saturated heterocycles. The first-order valence-electron chi connectivity index (χ1n) is 8.88. The highest BCUT2D eigenvalue weighted by atomic mass is 28.5. The molecule has 0 unspecified atom stereocenters. The van der Waals surface area contributed by atoms with Gasteiger partial charge < -0.3 is 12.7 Å². The van der Waals surface area contributed by atoms with Crippen LogP contribution >= 0.6 is 0 Å². The van der Waals surface area contributed by atoms with Crippen LogP contribution < -0.4 is 0 Å². The molecule has 0 saturated carbocycles. The Labute approximate surface area is 136 Å². The molecular formula is C15H38O3Si3. The quantitative estimate of drug-likeness (QED) is 0.427. The van der Waals surface area contributed by atoms with Gasteiger partial charge in [0, 0.05) is 13.2 Å². The lowest BCUT2D eigenvalue weighted by Gasteiger charge is -2.42. The van der Waals surface area contributed by atoms with E-state index in [1.54, 1.807) is 0 Å². The third-order valence-electron chi connectivity index (χ3n) is 5.08. The van der Waals surface area contributed by atoms with Crippen molar-refractivity contribution >= 4 is 25.4 Å². The van der Waals surface area contributed by atoms with Gasteiger partial charge in [-0.1, -0.05) is 41.5 Å². The first-order valence-corrected chi connectivity index (χ1v) is 16.2. The minimum atomic E-state index is -2.52. The van der Waals surface area contributed by atoms with Crippen molar-refractivity contribution in [2.24, 2.45) is 0 Å². The SMILES string of the molecule is CCO[Si](C)(O[Si](CC)(CC)CC)O[Si](CC)(CC)CC. The van der Waals surface area contributed by atoms with Gasteiger partial charge in [0.05, 0.1) is 0 Å². The molecule has 0 fully saturated rings. The molecule has 0 rings (SSSR count). The summed E-state index contributed by atoms with van der Waals surface area (Å²) in [6, 6.07) is 6.90. The summed E-state index contributed by atoms with van der Waals surface area (Å²) in [6.07, 6.45) is 0. The smallest absolute Gasteiger partial charge is 0.416 e. The van der Waals surface area contributed by atoms with E-state index in [0.29, 0.717) is 6.61 Å². The van der Waals surface area contributed by atoms with Gasteiger partial charge in [-0.25, -0.2) is 0 Å². The van der Waals surface area contributed by atoms with Crippen LogP contribution in [0.3, 0.4) is 0 Å². The molecule has 0 aliphatic carbocycles. The van der Waals surface area contributed by atoms with E-state index >= 15 is 0 Å². The van der Waals surface area contributed by atoms with Gasteiger partial charge in [-0.2, -0.15) is 0 Å². The van der Waals surface area contributed by atoms with Gasteiger partial charge in [-0.05, 0) is 43.2 Å². The van der Waals surface area contributed by atoms with Crippen molar-refractivity contribution in [1.29, 1.82) is 0 Å². The summed E-state index contributed by atoms with van der Waals surface area (Å²) in [6.45, 7) is 18.5. The van der Waals surface area contributed by atoms with Gasteiger partial charge >= 0.3 is 8.80 Å². The summed E-state index contributed by atoms with van der Waals surface area (Å²) in [5.41, 5.74) is 0. The van der Waals surface area contributed by atoms with Crippen molar-refractivity contribution in [2.45, 2.75) is 91.3 Å². The zero-order chi connectivity index (χ0) is 16.6. The van der Waals surface area contributed by atoms with Crippen LogP contribution in [0.4, 0.5) is 0 Å². The average Bonchev–Trinajstić information content (AvgIpc) is 2.51. The summed E-state index contributed by atoms with van der Waals surface area (Å²) in [5, 5.41) is 0. The Balaban J connectivity index is 5.32. The number of hydrogen-bond donors (Lipinski definition) is 0. The Morgan fingerprint density at radius 3 is 1.05 bits per heavy atom. The Bertz CT molecular complexity index is 241. The predicted octanol–water partition coefficient (Wildman–Crippen LogP) is 5.64. The van der Waals surface area contributed by atoms with E-state index in [4.69, 9.17) is 12.7 Å². The van der Waals surface area contributed by atoms with Gasteiger partial charge in [0.1, 0.15) is 0 Å². The van der Waals surface area contributed by atoms with E-state index in [1.807, 2.05) is 0 Å². The lowest BCUT2D eigenvalue weighted by Crippen LogP contribution is -2.58. The molecule has 0 heterocycles. The summed E-state index contributed by atoms with van der Waals surface area (Å²) >= 11 is 0. The zero-order valence-electron chi connectivity index (χ0n) is 15.7. The second-order valence-electron chi connectivity index (χ2n) is 5.99. The Morgan fingerprint density at radius 2 is 0.857 bits per heavy atom. The molecule has 0 aromatic heterocycles. The van der Waals surface area contributed by atoms with E-state index < -0.39 is 25.4 Å². The Morgan fingerprint density at radius 1 is 0.571 bits per heavy atom. The van der Waals surface area contributed by atoms with Crippen LogP contribution in [0.2, 0.25) is 42.8 Å². The topological polar surface area (TPSA) is 27.7 Å². The van der Waals surface area contributed by atoms with E-state index in [2.05, 4.69) is 55.0 Å². The number of hydrogen-bond acceptors (Lipinski definition) is 3. The van der Waals surface area contributed by atoms with Crippen LogP contribution in [-0.4, -0.2) is 32.0 Å². The third-order valence-corrected chi connectivity index (χ3v) is 20.1. The summed E-state index contributed by atoms with van der Waals surface area (Å²) in [7, 11) is -5.91. The van der Waals surface area contributed by atoms with Gasteiger partial charge in [0.25, 0.3) is 0 Å². The fraction of sp³-hybridized carbons (Fsp3) is 1.00. The Kier molecular flexibility index (Phi) is 9.86. The maximum absolute atomic E-state index is 6.74. The van der Waals surface area contributed by atoms with Crippen LogP contribution in [0.5, 0.6) is 0 Å². The molecule has 0 aromatic carbocycles. The van der Waals surface area contributed by atoms with Crippen LogP contribution in [0.25, 0.3) is 0 Å². The molecule has 0 aliphatic heterocycles. The van der Waals surface area contributed by atoms with Crippen LogP contribution in [0.15, 0.2) is 0 Å². The standard InChI is InChI=1S/C15H38O3Si3/c1-9-16-19(8,17-20(10-2,11-3)12-4)18-21(13-5,14-6)15-7/h9-15H2,1-8H3. The van der Waals surface area contributed by atoms with E-state index in [-0.39, 0.29) is 0 Å². The minimum absolute atomic E-state index is 0.686. The van der Waals surface area contributed by atoms with Crippen molar-refractivity contribution in [3.05, 3.63) is 0 Å². The lowest BCUT2D eigenvalue weighted by molar-refractivity contribution is 0.172. The molecule has 3 nitrogen and oxygen atoms in total. The molecule has 0 spiro atoms. The van der Waals surface area contributed by atoms with E-state index in [0.717, 1.165) is 36.3 Å². The first-order chi connectivity index (χ1) is 9.84. The first kappa shape index (κ1) is 21.5. The van der Waals surface area contributed by atoms with Gasteiger partial charge in [0.2, 0.25) is 0 Å². The molecule has 21 heavy (non-hydrogen) atoms. The summed E-state index contributed by atoms with van der Waals surface area (Å²) in [4.78, 5) is 0. The highest BCUT2D eigenvalue weighted by Gasteiger charge is 2.48. The molecule has 0 radical (unpaired) electrons. The van der Waals surface area contributed by atoms with Crippen molar-refractivity contribution < 1.29 is 12.7 Å². The molecular weight excluding hydrogens is 312 g/mol. The van der Waals surface area contributed by atoms with Gasteiger partial charge in [0.15, 0.2) is 16.6 Å². The summed E-state index contributed by atoms with van der Waals surface area (Å²) in [5.74, 6) is 0. The van der Waals surface area contributed by atoms with Crippen molar-refractivity contribution in [3.8, 4) is 0 Å².